The van der Waals surface area contributed by atoms with Crippen LogP contribution in [0.15, 0.2) is 198 Å². The largest absolute Gasteiger partial charge is 0.294 e. The van der Waals surface area contributed by atoms with Crippen LogP contribution in [-0.4, -0.2) is 67.0 Å². The molecular weight excluding hydrogens is 859 g/mol. The number of hydrogen-bond acceptors (Lipinski definition) is 11. The number of carbonyl (C=O) groups excluding carboxylic acids is 4. The molecule has 0 saturated carbocycles. The summed E-state index contributed by atoms with van der Waals surface area (Å²) in [5.74, 6) is -3.82. The van der Waals surface area contributed by atoms with Crippen LogP contribution in [0.25, 0.3) is 5.57 Å². The molecule has 0 amide bonds. The lowest BCUT2D eigenvalue weighted by Crippen LogP contribution is -2.19. The van der Waals surface area contributed by atoms with Crippen molar-refractivity contribution in [3.05, 3.63) is 209 Å². The van der Waals surface area contributed by atoms with Crippen molar-refractivity contribution < 1.29 is 58.1 Å². The molecule has 0 fully saturated rings. The lowest BCUT2D eigenvalue weighted by molar-refractivity contribution is -0.112. The summed E-state index contributed by atoms with van der Waals surface area (Å²) in [5, 5.41) is 0. The zero-order valence-corrected chi connectivity index (χ0v) is 35.0. The predicted molar refractivity (Wildman–Crippen MR) is 229 cm³/mol. The summed E-state index contributed by atoms with van der Waals surface area (Å²) in [7, 11) is -15.2. The Hall–Kier alpha value is -6.60. The Kier molecular flexibility index (Phi) is 11.5. The van der Waals surface area contributed by atoms with Crippen molar-refractivity contribution in [1.82, 2.24) is 4.98 Å². The first-order chi connectivity index (χ1) is 29.0. The Bertz CT molecular complexity index is 3220. The van der Waals surface area contributed by atoms with E-state index >= 15 is 0 Å². The molecule has 3 N–H and O–H groups in total. The molecule has 0 aromatic carbocycles. The Balaban J connectivity index is 1.47. The third-order valence-electron chi connectivity index (χ3n) is 10.1. The first-order valence-corrected chi connectivity index (χ1v) is 22.8. The van der Waals surface area contributed by atoms with Crippen LogP contribution >= 0.6 is 0 Å². The summed E-state index contributed by atoms with van der Waals surface area (Å²) < 4.78 is 105. The number of hydrogen-bond donors (Lipinski definition) is 3. The lowest BCUT2D eigenvalue weighted by atomic mass is 9.85. The van der Waals surface area contributed by atoms with E-state index in [4.69, 9.17) is 0 Å². The molecule has 0 unspecified atom stereocenters. The molecule has 1 aromatic heterocycles. The monoisotopic (exact) mass is 891 g/mol. The highest BCUT2D eigenvalue weighted by Gasteiger charge is 2.32. The molecule has 14 nitrogen and oxygen atoms in total. The van der Waals surface area contributed by atoms with Gasteiger partial charge in [0, 0.05) is 50.8 Å². The van der Waals surface area contributed by atoms with Crippen molar-refractivity contribution in [3.8, 4) is 0 Å². The van der Waals surface area contributed by atoms with E-state index < -0.39 is 102 Å². The van der Waals surface area contributed by atoms with Crippen molar-refractivity contribution in [2.24, 2.45) is 0 Å². The van der Waals surface area contributed by atoms with Crippen molar-refractivity contribution in [2.45, 2.75) is 26.7 Å². The molecule has 0 atom stereocenters. The van der Waals surface area contributed by atoms with Crippen molar-refractivity contribution in [1.29, 1.82) is 0 Å². The standard InChI is InChI=1S/C45H33NO13S3/c1-25-9-10-46-41(11-25)40-14-27(6-4-3-5-26(40)2)7-8-28-12-29-15-31-19-37(60(51,52)53)21-33(43(31)48)17-35-23-39(62(57,58)59)24-36(45(35)50)18-34-22-38(61(54,55)56)20-32(44(34)49)16-30(13-28)42(29)47/h4,6-24H,3,5H2,1-2H3,(H,51,52,53)(H,54,55,56)(H,57,58,59)/b6-4?,8-7+,27-14?,29-15?,30-16?,31-15?,32-16?,33-17?,34-18?,35-17?,36-18?,40-26?. The fraction of sp³-hybridized carbons (Fsp3) is 0.0889. The molecule has 314 valence electrons. The van der Waals surface area contributed by atoms with Gasteiger partial charge in [-0.1, -0.05) is 29.9 Å². The molecule has 6 aliphatic rings. The van der Waals surface area contributed by atoms with Crippen LogP contribution in [0, 0.1) is 6.92 Å². The van der Waals surface area contributed by atoms with Crippen LogP contribution < -0.4 is 0 Å². The molecule has 0 aliphatic heterocycles. The quantitative estimate of drug-likeness (QED) is 0.278. The summed E-state index contributed by atoms with van der Waals surface area (Å²) in [6, 6.07) is 3.85. The van der Waals surface area contributed by atoms with E-state index in [0.29, 0.717) is 29.9 Å². The fourth-order valence-corrected chi connectivity index (χ4v) is 8.63. The number of pyridine rings is 1. The molecule has 8 bridgehead atoms. The van der Waals surface area contributed by atoms with Gasteiger partial charge in [0.2, 0.25) is 0 Å². The van der Waals surface area contributed by atoms with Gasteiger partial charge in [0.15, 0.2) is 23.1 Å². The van der Waals surface area contributed by atoms with Crippen LogP contribution in [0.1, 0.15) is 31.0 Å². The maximum absolute atomic E-state index is 14.3. The van der Waals surface area contributed by atoms with Gasteiger partial charge in [-0.3, -0.25) is 37.8 Å². The minimum Gasteiger partial charge on any atom is -0.289 e. The summed E-state index contributed by atoms with van der Waals surface area (Å²) in [6.07, 6.45) is 23.1. The molecule has 62 heavy (non-hydrogen) atoms. The van der Waals surface area contributed by atoms with Crippen LogP contribution in [0.2, 0.25) is 0 Å². The predicted octanol–water partition coefficient (Wildman–Crippen LogP) is 5.99. The number of aromatic nitrogens is 1. The zero-order valence-electron chi connectivity index (χ0n) is 32.6. The van der Waals surface area contributed by atoms with E-state index in [2.05, 4.69) is 4.98 Å². The highest BCUT2D eigenvalue weighted by Crippen LogP contribution is 2.34. The SMILES string of the molecule is CC1=C(c2cc(C)ccn2)C=C(/C=C/C2=CC3=CC4=CC(S(=O)(=O)O)=CC(=CC5=CC(S(=O)(=O)O)=CC(=CC6=CC(S(=O)(=O)O)=CC(=CC(=C2)C3=O)C6=O)C5=O)C4=O)C=CCC1. The first kappa shape index (κ1) is 43.5. The zero-order chi connectivity index (χ0) is 44.9. The van der Waals surface area contributed by atoms with Gasteiger partial charge in [0.05, 0.1) is 20.4 Å². The van der Waals surface area contributed by atoms with Crippen LogP contribution in [0.4, 0.5) is 0 Å². The molecule has 7 rings (SSSR count). The third-order valence-corrected chi connectivity index (χ3v) is 12.6. The van der Waals surface area contributed by atoms with E-state index in [9.17, 15) is 58.1 Å². The van der Waals surface area contributed by atoms with Crippen LogP contribution in [0.5, 0.6) is 0 Å². The average molecular weight is 892 g/mol. The average Bonchev–Trinajstić information content (AvgIpc) is 3.17. The van der Waals surface area contributed by atoms with Crippen LogP contribution in [0.3, 0.4) is 0 Å². The van der Waals surface area contributed by atoms with Crippen molar-refractivity contribution >= 4 is 59.1 Å². The first-order valence-electron chi connectivity index (χ1n) is 18.5. The van der Waals surface area contributed by atoms with E-state index in [0.717, 1.165) is 77.3 Å². The van der Waals surface area contributed by atoms with Crippen LogP contribution in [-0.2, 0) is 49.5 Å². The fourth-order valence-electron chi connectivity index (χ4n) is 6.97. The van der Waals surface area contributed by atoms with E-state index in [1.54, 1.807) is 18.3 Å². The molecule has 1 aromatic rings. The number of aryl methyl sites for hydroxylation is 1. The second kappa shape index (κ2) is 16.4. The molecule has 17 heteroatoms. The molecule has 0 saturated heterocycles. The third kappa shape index (κ3) is 9.32. The number of fused-ring (bicyclic) bond motifs is 8. The van der Waals surface area contributed by atoms with E-state index in [1.807, 2.05) is 44.2 Å². The Morgan fingerprint density at radius 3 is 1.35 bits per heavy atom. The number of ketones is 4. The molecule has 0 radical (unpaired) electrons. The number of carbonyl (C=O) groups is 4. The highest BCUT2D eigenvalue weighted by molar-refractivity contribution is 7.90. The second-order valence-electron chi connectivity index (χ2n) is 14.7. The summed E-state index contributed by atoms with van der Waals surface area (Å²) in [5.41, 5.74) is 0.974. The van der Waals surface area contributed by atoms with Gasteiger partial charge >= 0.3 is 0 Å². The number of nitrogens with zero attached hydrogens (tertiary/aromatic N) is 1. The van der Waals surface area contributed by atoms with Crippen molar-refractivity contribution in [3.63, 3.8) is 0 Å². The normalized spacial score (nSPS) is 20.2. The number of rotatable bonds is 6. The van der Waals surface area contributed by atoms with Gasteiger partial charge in [0.25, 0.3) is 30.4 Å². The lowest BCUT2D eigenvalue weighted by Gasteiger charge is -2.19. The highest BCUT2D eigenvalue weighted by atomic mass is 32.2. The van der Waals surface area contributed by atoms with Gasteiger partial charge in [-0.15, -0.1) is 0 Å². The maximum Gasteiger partial charge on any atom is 0.294 e. The molecular formula is C45H33NO13S3. The van der Waals surface area contributed by atoms with Gasteiger partial charge < -0.3 is 0 Å². The summed E-state index contributed by atoms with van der Waals surface area (Å²) in [4.78, 5) is 58.1. The van der Waals surface area contributed by atoms with Crippen molar-refractivity contribution in [2.75, 3.05) is 0 Å². The van der Waals surface area contributed by atoms with E-state index in [1.165, 1.54) is 12.2 Å². The maximum atomic E-state index is 14.3. The smallest absolute Gasteiger partial charge is 0.289 e. The Morgan fingerprint density at radius 1 is 0.516 bits per heavy atom. The molecule has 0 spiro atoms. The second-order valence-corrected chi connectivity index (χ2v) is 18.9. The Morgan fingerprint density at radius 2 is 0.919 bits per heavy atom. The molecule has 1 heterocycles. The minimum absolute atomic E-state index is 0.242. The number of Topliss-reactive ketones (excluding diaryl/α,β-unsaturated/α-hetero) is 4. The van der Waals surface area contributed by atoms with Gasteiger partial charge in [-0.2, -0.15) is 25.3 Å². The van der Waals surface area contributed by atoms with Gasteiger partial charge in [0.1, 0.15) is 0 Å². The van der Waals surface area contributed by atoms with Gasteiger partial charge in [-0.05, 0) is 140 Å². The number of allylic oxidation sites excluding steroid dienone is 29. The van der Waals surface area contributed by atoms with Gasteiger partial charge in [-0.25, -0.2) is 0 Å². The summed E-state index contributed by atoms with van der Waals surface area (Å²) in [6.45, 7) is 3.97. The Labute approximate surface area is 356 Å². The topological polar surface area (TPSA) is 244 Å². The minimum atomic E-state index is -5.10. The van der Waals surface area contributed by atoms with E-state index in [-0.39, 0.29) is 11.1 Å². The summed E-state index contributed by atoms with van der Waals surface area (Å²) >= 11 is 0. The molecule has 6 aliphatic carbocycles.